The Bertz CT molecular complexity index is 425. The van der Waals surface area contributed by atoms with Crippen LogP contribution < -0.4 is 0 Å². The van der Waals surface area contributed by atoms with Gasteiger partial charge in [-0.3, -0.25) is 4.79 Å². The van der Waals surface area contributed by atoms with Crippen molar-refractivity contribution in [2.24, 2.45) is 34.5 Å². The molecule has 2 nitrogen and oxygen atoms in total. The lowest BCUT2D eigenvalue weighted by Crippen LogP contribution is -2.20. The van der Waals surface area contributed by atoms with Gasteiger partial charge in [0.1, 0.15) is 0 Å². The predicted octanol–water partition coefficient (Wildman–Crippen LogP) is 6.29. The van der Waals surface area contributed by atoms with E-state index in [0.29, 0.717) is 6.42 Å². The number of rotatable bonds is 5. The van der Waals surface area contributed by atoms with E-state index in [-0.39, 0.29) is 5.41 Å². The van der Waals surface area contributed by atoms with Crippen LogP contribution in [0.4, 0.5) is 0 Å². The summed E-state index contributed by atoms with van der Waals surface area (Å²) in [5, 5.41) is 8.86. The highest BCUT2D eigenvalue weighted by Gasteiger charge is 2.49. The Morgan fingerprint density at radius 2 is 1.08 bits per heavy atom. The molecule has 2 heteroatoms. The molecule has 4 aliphatic carbocycles. The third-order valence-electron chi connectivity index (χ3n) is 8.71. The molecule has 5 atom stereocenters. The molecule has 0 radical (unpaired) electrons. The number of hydrogen-bond acceptors (Lipinski definition) is 1. The molecule has 4 saturated carbocycles. The van der Waals surface area contributed by atoms with E-state index >= 15 is 0 Å². The van der Waals surface area contributed by atoms with Crippen LogP contribution in [0.2, 0.25) is 0 Å². The number of aliphatic carboxylic acids is 1. The van der Waals surface area contributed by atoms with Gasteiger partial charge in [-0.1, -0.05) is 33.6 Å². The van der Waals surface area contributed by atoms with Crippen molar-refractivity contribution in [1.29, 1.82) is 0 Å². The van der Waals surface area contributed by atoms with Gasteiger partial charge in [-0.15, -0.1) is 0 Å². The van der Waals surface area contributed by atoms with Crippen LogP contribution in [-0.4, -0.2) is 11.1 Å². The van der Waals surface area contributed by atoms with Crippen LogP contribution in [0.15, 0.2) is 0 Å². The lowest BCUT2D eigenvalue weighted by Gasteiger charge is -2.29. The van der Waals surface area contributed by atoms with Crippen molar-refractivity contribution in [2.75, 3.05) is 0 Å². The molecule has 0 aliphatic heterocycles. The van der Waals surface area contributed by atoms with Gasteiger partial charge >= 0.3 is 5.97 Å². The number of fused-ring (bicyclic) bond motifs is 2. The summed E-state index contributed by atoms with van der Waals surface area (Å²) in [7, 11) is 0. The highest BCUT2D eigenvalue weighted by molar-refractivity contribution is 5.67. The van der Waals surface area contributed by atoms with Crippen molar-refractivity contribution in [2.45, 2.75) is 97.8 Å². The van der Waals surface area contributed by atoms with E-state index in [9.17, 15) is 4.79 Å². The first kappa shape index (κ1) is 18.3. The number of carbonyl (C=O) groups is 1. The van der Waals surface area contributed by atoms with Crippen LogP contribution in [0.1, 0.15) is 97.8 Å². The molecule has 4 aliphatic rings. The van der Waals surface area contributed by atoms with E-state index in [1.807, 2.05) is 0 Å². The minimum absolute atomic E-state index is 0.164. The number of carboxylic acid groups (broad SMARTS) is 1. The summed E-state index contributed by atoms with van der Waals surface area (Å²) in [6.45, 7) is 6.91. The minimum atomic E-state index is -0.608. The maximum Gasteiger partial charge on any atom is 0.303 e. The second kappa shape index (κ2) is 7.00. The van der Waals surface area contributed by atoms with Crippen molar-refractivity contribution < 1.29 is 9.90 Å². The first-order valence-electron chi connectivity index (χ1n) is 10.7. The van der Waals surface area contributed by atoms with Crippen molar-refractivity contribution >= 4 is 5.97 Å². The summed E-state index contributed by atoms with van der Waals surface area (Å²) in [5.41, 5.74) is 0.948. The molecule has 0 aromatic heterocycles. The van der Waals surface area contributed by atoms with Gasteiger partial charge < -0.3 is 5.11 Å². The van der Waals surface area contributed by atoms with Crippen LogP contribution in [0.3, 0.4) is 0 Å². The van der Waals surface area contributed by atoms with Gasteiger partial charge in [-0.25, -0.2) is 0 Å². The van der Waals surface area contributed by atoms with Gasteiger partial charge in [-0.2, -0.15) is 0 Å². The number of hydrogen-bond donors (Lipinski definition) is 1. The molecule has 0 aromatic rings. The van der Waals surface area contributed by atoms with Crippen LogP contribution in [-0.2, 0) is 4.79 Å². The number of carboxylic acids is 1. The Labute approximate surface area is 148 Å². The van der Waals surface area contributed by atoms with Gasteiger partial charge in [0.25, 0.3) is 0 Å². The zero-order valence-corrected chi connectivity index (χ0v) is 16.2. The van der Waals surface area contributed by atoms with Gasteiger partial charge in [0.15, 0.2) is 0 Å². The molecule has 0 aromatic carbocycles. The van der Waals surface area contributed by atoms with Crippen LogP contribution >= 0.6 is 0 Å². The summed E-state index contributed by atoms with van der Waals surface area (Å²) in [6, 6.07) is 0. The molecule has 0 saturated heterocycles. The van der Waals surface area contributed by atoms with Crippen molar-refractivity contribution in [3.63, 3.8) is 0 Å². The third-order valence-corrected chi connectivity index (χ3v) is 8.71. The third kappa shape index (κ3) is 3.40. The fourth-order valence-corrected chi connectivity index (χ4v) is 6.45. The summed E-state index contributed by atoms with van der Waals surface area (Å²) >= 11 is 0. The first-order valence-corrected chi connectivity index (χ1v) is 10.7. The molecule has 138 valence electrons. The Kier molecular flexibility index (Phi) is 5.33. The van der Waals surface area contributed by atoms with Gasteiger partial charge in [0, 0.05) is 0 Å². The van der Waals surface area contributed by atoms with Crippen molar-refractivity contribution in [3.8, 4) is 0 Å². The quantitative estimate of drug-likeness (QED) is 0.641. The van der Waals surface area contributed by atoms with Crippen molar-refractivity contribution in [3.05, 3.63) is 0 Å². The predicted molar refractivity (Wildman–Crippen MR) is 98.9 cm³/mol. The second-order valence-electron chi connectivity index (χ2n) is 9.64. The largest absolute Gasteiger partial charge is 0.481 e. The van der Waals surface area contributed by atoms with E-state index in [0.717, 1.165) is 35.5 Å². The second-order valence-corrected chi connectivity index (χ2v) is 9.64. The monoisotopic (exact) mass is 334 g/mol. The van der Waals surface area contributed by atoms with E-state index < -0.39 is 5.97 Å². The Morgan fingerprint density at radius 3 is 1.33 bits per heavy atom. The smallest absolute Gasteiger partial charge is 0.303 e. The zero-order chi connectivity index (χ0) is 17.4. The lowest BCUT2D eigenvalue weighted by atomic mass is 9.77. The van der Waals surface area contributed by atoms with Gasteiger partial charge in [0.2, 0.25) is 0 Å². The lowest BCUT2D eigenvalue weighted by molar-refractivity contribution is -0.139. The van der Waals surface area contributed by atoms with Crippen molar-refractivity contribution in [1.82, 2.24) is 0 Å². The van der Waals surface area contributed by atoms with Crippen LogP contribution in [0.5, 0.6) is 0 Å². The Morgan fingerprint density at radius 1 is 0.750 bits per heavy atom. The molecule has 1 unspecified atom stereocenters. The molecule has 0 amide bonds. The van der Waals surface area contributed by atoms with Gasteiger partial charge in [0.05, 0.1) is 6.42 Å². The SMILES string of the molecule is CCC1(CC(=O)O)C[C@H]2CC[C@H]2C1.CCC1(CC)C[C@H]2CC[C@H]2C1. The van der Waals surface area contributed by atoms with Gasteiger partial charge in [-0.05, 0) is 92.3 Å². The first-order chi connectivity index (χ1) is 11.4. The molecule has 1 N–H and O–H groups in total. The maximum atomic E-state index is 10.8. The average molecular weight is 335 g/mol. The fourth-order valence-electron chi connectivity index (χ4n) is 6.45. The highest BCUT2D eigenvalue weighted by Crippen LogP contribution is 2.58. The normalized spacial score (nSPS) is 41.3. The summed E-state index contributed by atoms with van der Waals surface area (Å²) in [4.78, 5) is 10.8. The van der Waals surface area contributed by atoms with E-state index in [1.165, 1.54) is 38.5 Å². The minimum Gasteiger partial charge on any atom is -0.481 e. The van der Waals surface area contributed by atoms with Crippen LogP contribution in [0.25, 0.3) is 0 Å². The molecule has 0 spiro atoms. The molecule has 4 rings (SSSR count). The molecular formula is C22H38O2. The molecular weight excluding hydrogens is 296 g/mol. The van der Waals surface area contributed by atoms with Crippen LogP contribution in [0, 0.1) is 34.5 Å². The molecule has 24 heavy (non-hydrogen) atoms. The summed E-state index contributed by atoms with van der Waals surface area (Å²) in [6.07, 6.45) is 15.6. The summed E-state index contributed by atoms with van der Waals surface area (Å²) < 4.78 is 0. The summed E-state index contributed by atoms with van der Waals surface area (Å²) in [5.74, 6) is 3.44. The maximum absolute atomic E-state index is 10.8. The van der Waals surface area contributed by atoms with E-state index in [2.05, 4.69) is 20.8 Å². The highest BCUT2D eigenvalue weighted by atomic mass is 16.4. The molecule has 0 bridgehead atoms. The fraction of sp³-hybridized carbons (Fsp3) is 0.955. The Hall–Kier alpha value is -0.530. The Balaban J connectivity index is 0.000000143. The standard InChI is InChI=1S/C11H18O2.C11H20/c1-2-11(7-10(12)13)5-8-3-4-9(8)6-11;1-3-11(4-2)7-9-5-6-10(9)8-11/h8-9H,2-7H2,1H3,(H,12,13);9-10H,3-8H2,1-2H3/t8-,9+,11?;9-,10+. The molecule has 0 heterocycles. The van der Waals surface area contributed by atoms with E-state index in [1.54, 1.807) is 25.7 Å². The van der Waals surface area contributed by atoms with E-state index in [4.69, 9.17) is 5.11 Å². The zero-order valence-electron chi connectivity index (χ0n) is 16.2. The topological polar surface area (TPSA) is 37.3 Å². The molecule has 4 fully saturated rings. The average Bonchev–Trinajstić information content (AvgIpc) is 2.94.